The predicted octanol–water partition coefficient (Wildman–Crippen LogP) is 2.99. The van der Waals surface area contributed by atoms with E-state index in [4.69, 9.17) is 16.2 Å². The van der Waals surface area contributed by atoms with E-state index in [1.54, 1.807) is 42.5 Å². The molecule has 13 heteroatoms. The first-order valence-electron chi connectivity index (χ1n) is 12.9. The molecule has 7 N–H and O–H groups in total. The molecule has 1 heterocycles. The van der Waals surface area contributed by atoms with Gasteiger partial charge in [0, 0.05) is 40.0 Å². The zero-order valence-electron chi connectivity index (χ0n) is 23.4. The molecule has 3 rings (SSSR count). The van der Waals surface area contributed by atoms with E-state index in [2.05, 4.69) is 15.6 Å². The molecule has 0 spiro atoms. The van der Waals surface area contributed by atoms with E-state index in [1.807, 2.05) is 33.0 Å². The van der Waals surface area contributed by atoms with Crippen LogP contribution in [0.5, 0.6) is 0 Å². The van der Waals surface area contributed by atoms with Gasteiger partial charge in [0.25, 0.3) is 5.56 Å². The molecule has 218 valence electrons. The van der Waals surface area contributed by atoms with E-state index in [-0.39, 0.29) is 36.7 Å². The van der Waals surface area contributed by atoms with Crippen LogP contribution in [0.1, 0.15) is 38.8 Å². The van der Waals surface area contributed by atoms with Gasteiger partial charge in [0.15, 0.2) is 5.82 Å². The summed E-state index contributed by atoms with van der Waals surface area (Å²) in [7, 11) is -1.30. The van der Waals surface area contributed by atoms with Gasteiger partial charge >= 0.3 is 6.09 Å². The molecule has 12 nitrogen and oxygen atoms in total. The van der Waals surface area contributed by atoms with Gasteiger partial charge in [-0.05, 0) is 43.5 Å². The van der Waals surface area contributed by atoms with Crippen LogP contribution < -0.4 is 27.2 Å². The van der Waals surface area contributed by atoms with Crippen LogP contribution in [0.4, 0.5) is 16.3 Å². The summed E-state index contributed by atoms with van der Waals surface area (Å²) >= 11 is 0. The minimum absolute atomic E-state index is 0.0732. The number of rotatable bonds is 11. The van der Waals surface area contributed by atoms with Gasteiger partial charge in [-0.2, -0.15) is 0 Å². The van der Waals surface area contributed by atoms with Crippen molar-refractivity contribution in [3.05, 3.63) is 70.1 Å². The molecule has 2 amide bonds. The van der Waals surface area contributed by atoms with Crippen LogP contribution in [0.15, 0.2) is 58.4 Å². The van der Waals surface area contributed by atoms with Gasteiger partial charge in [-0.15, -0.1) is 0 Å². The van der Waals surface area contributed by atoms with Gasteiger partial charge in [-0.3, -0.25) is 29.1 Å². The highest BCUT2D eigenvalue weighted by Gasteiger charge is 2.18. The molecule has 3 aromatic rings. The summed E-state index contributed by atoms with van der Waals surface area (Å²) in [6, 6.07) is 11.4. The monoisotopic (exact) mass is 581 g/mol. The van der Waals surface area contributed by atoms with Crippen LogP contribution in [0.25, 0.3) is 11.3 Å². The Hall–Kier alpha value is -4.52. The van der Waals surface area contributed by atoms with Crippen molar-refractivity contribution in [1.29, 1.82) is 5.41 Å². The minimum atomic E-state index is -1.33. The largest absolute Gasteiger partial charge is 0.465 e. The fourth-order valence-electron chi connectivity index (χ4n) is 3.92. The van der Waals surface area contributed by atoms with Gasteiger partial charge in [-0.1, -0.05) is 38.1 Å². The fourth-order valence-corrected chi connectivity index (χ4v) is 5.24. The van der Waals surface area contributed by atoms with E-state index in [9.17, 15) is 18.6 Å². The molecule has 0 aliphatic carbocycles. The Morgan fingerprint density at radius 3 is 2.41 bits per heavy atom. The number of nitrogens with two attached hydrogens (primary N) is 1. The quantitative estimate of drug-likeness (QED) is 0.113. The third-order valence-electron chi connectivity index (χ3n) is 5.72. The second kappa shape index (κ2) is 13.7. The van der Waals surface area contributed by atoms with Crippen molar-refractivity contribution in [2.75, 3.05) is 16.8 Å². The highest BCUT2D eigenvalue weighted by Crippen LogP contribution is 2.25. The van der Waals surface area contributed by atoms with Crippen molar-refractivity contribution in [1.82, 2.24) is 20.2 Å². The van der Waals surface area contributed by atoms with E-state index in [1.165, 1.54) is 10.8 Å². The second-order valence-electron chi connectivity index (χ2n) is 10.2. The first-order valence-corrected chi connectivity index (χ1v) is 14.3. The lowest BCUT2D eigenvalue weighted by Crippen LogP contribution is -2.35. The number of hydrogen-bond donors (Lipinski definition) is 6. The Bertz CT molecular complexity index is 1520. The van der Waals surface area contributed by atoms with Crippen LogP contribution in [-0.2, 0) is 28.7 Å². The lowest BCUT2D eigenvalue weighted by Gasteiger charge is -2.17. The zero-order valence-corrected chi connectivity index (χ0v) is 24.2. The second-order valence-corrected chi connectivity index (χ2v) is 11.7. The van der Waals surface area contributed by atoms with Gasteiger partial charge in [0.05, 0.1) is 22.7 Å². The molecule has 0 saturated carbocycles. The number of nitrogens with one attached hydrogen (secondary N) is 4. The first kappa shape index (κ1) is 31.0. The van der Waals surface area contributed by atoms with Gasteiger partial charge in [0.1, 0.15) is 12.4 Å². The van der Waals surface area contributed by atoms with Crippen molar-refractivity contribution < 1.29 is 18.9 Å². The summed E-state index contributed by atoms with van der Waals surface area (Å²) < 4.78 is 14.2. The topological polar surface area (TPSA) is 192 Å². The average Bonchev–Trinajstić information content (AvgIpc) is 2.88. The van der Waals surface area contributed by atoms with E-state index in [0.29, 0.717) is 38.7 Å². The summed E-state index contributed by atoms with van der Waals surface area (Å²) in [6.45, 7) is 7.51. The maximum Gasteiger partial charge on any atom is 0.410 e. The number of benzene rings is 2. The molecule has 41 heavy (non-hydrogen) atoms. The van der Waals surface area contributed by atoms with Crippen molar-refractivity contribution >= 4 is 40.1 Å². The molecule has 0 saturated heterocycles. The number of amidine groups is 1. The molecule has 1 atom stereocenters. The number of carbonyl (C=O) groups is 2. The Labute approximate surface area is 240 Å². The van der Waals surface area contributed by atoms with E-state index >= 15 is 0 Å². The number of amides is 2. The number of carbonyl (C=O) groups excluding carboxylic acids is 1. The third kappa shape index (κ3) is 8.73. The molecule has 1 unspecified atom stereocenters. The highest BCUT2D eigenvalue weighted by atomic mass is 32.2. The van der Waals surface area contributed by atoms with Gasteiger partial charge in [-0.25, -0.2) is 9.78 Å². The molecule has 2 aromatic carbocycles. The van der Waals surface area contributed by atoms with E-state index < -0.39 is 28.4 Å². The van der Waals surface area contributed by atoms with Crippen LogP contribution in [0, 0.1) is 11.3 Å². The van der Waals surface area contributed by atoms with Crippen molar-refractivity contribution in [3.63, 3.8) is 0 Å². The standard InChI is InChI=1S/C28H35N7O5S/c1-16(2)15-41(40)22-10-20(9-21(29)11-22)23-13-32-26(33-17(3)4)27(37)35(23)14-24(36)31-12-18-5-7-19(8-6-18)25(30)34-28(38)39/h5-11,13,16-17H,12,14-15,29H2,1-4H3,(H2,30,34)(H,31,36)(H,32,33)(H,38,39). The summed E-state index contributed by atoms with van der Waals surface area (Å²) in [4.78, 5) is 42.0. The molecule has 0 bridgehead atoms. The molecule has 0 radical (unpaired) electrons. The molecule has 0 aliphatic heterocycles. The SMILES string of the molecule is CC(C)CS(=O)c1cc(N)cc(-c2cnc(NC(C)C)c(=O)n2CC(=O)NCc2ccc(C(=N)NC(=O)O)cc2)c1. The summed E-state index contributed by atoms with van der Waals surface area (Å²) in [5.74, 6) is 0.0480. The summed E-state index contributed by atoms with van der Waals surface area (Å²) in [5, 5.41) is 24.3. The Balaban J connectivity index is 1.88. The highest BCUT2D eigenvalue weighted by molar-refractivity contribution is 7.85. The lowest BCUT2D eigenvalue weighted by atomic mass is 10.1. The number of aromatic nitrogens is 2. The number of carboxylic acid groups (broad SMARTS) is 1. The van der Waals surface area contributed by atoms with Crippen LogP contribution in [0.2, 0.25) is 0 Å². The first-order chi connectivity index (χ1) is 19.3. The maximum absolute atomic E-state index is 13.4. The smallest absolute Gasteiger partial charge is 0.410 e. The Kier molecular flexibility index (Phi) is 10.4. The van der Waals surface area contributed by atoms with Gasteiger partial charge in [0.2, 0.25) is 5.91 Å². The minimum Gasteiger partial charge on any atom is -0.465 e. The summed E-state index contributed by atoms with van der Waals surface area (Å²) in [6.07, 6.45) is 0.157. The van der Waals surface area contributed by atoms with Crippen molar-refractivity contribution in [2.24, 2.45) is 5.92 Å². The lowest BCUT2D eigenvalue weighted by molar-refractivity contribution is -0.121. The van der Waals surface area contributed by atoms with E-state index in [0.717, 1.165) is 0 Å². The molecular formula is C28H35N7O5S. The molecule has 0 fully saturated rings. The average molecular weight is 582 g/mol. The van der Waals surface area contributed by atoms with Crippen LogP contribution >= 0.6 is 0 Å². The number of nitrogen functional groups attached to an aromatic ring is 1. The number of hydrogen-bond acceptors (Lipinski definition) is 8. The van der Waals surface area contributed by atoms with Crippen LogP contribution in [0.3, 0.4) is 0 Å². The number of nitrogens with zero attached hydrogens (tertiary/aromatic N) is 2. The maximum atomic E-state index is 13.4. The third-order valence-corrected chi connectivity index (χ3v) is 7.45. The van der Waals surface area contributed by atoms with Gasteiger partial charge < -0.3 is 21.5 Å². The van der Waals surface area contributed by atoms with Crippen molar-refractivity contribution in [3.8, 4) is 11.3 Å². The molecule has 0 aliphatic rings. The Morgan fingerprint density at radius 1 is 1.12 bits per heavy atom. The zero-order chi connectivity index (χ0) is 30.3. The number of anilines is 2. The van der Waals surface area contributed by atoms with Crippen molar-refractivity contribution in [2.45, 2.75) is 51.7 Å². The van der Waals surface area contributed by atoms with Crippen LogP contribution in [-0.4, -0.2) is 48.5 Å². The molecular weight excluding hydrogens is 546 g/mol. The predicted molar refractivity (Wildman–Crippen MR) is 159 cm³/mol. The fraction of sp³-hybridized carbons (Fsp3) is 0.321. The normalized spacial score (nSPS) is 11.8. The Morgan fingerprint density at radius 2 is 1.80 bits per heavy atom. The molecule has 1 aromatic heterocycles. The summed E-state index contributed by atoms with van der Waals surface area (Å²) in [5.41, 5.74) is 7.96.